The Morgan fingerprint density at radius 1 is 1.28 bits per heavy atom. The highest BCUT2D eigenvalue weighted by Crippen LogP contribution is 2.10. The second-order valence-corrected chi connectivity index (χ2v) is 5.37. The van der Waals surface area contributed by atoms with E-state index in [9.17, 15) is 8.42 Å². The second kappa shape index (κ2) is 5.11. The summed E-state index contributed by atoms with van der Waals surface area (Å²) >= 11 is 0. The minimum Gasteiger partial charge on any atom is -0.397 e. The Hall–Kier alpha value is -1.99. The Balaban J connectivity index is 2.13. The van der Waals surface area contributed by atoms with E-state index in [-0.39, 0.29) is 11.4 Å². The first-order valence-corrected chi connectivity index (χ1v) is 6.66. The zero-order valence-electron chi connectivity index (χ0n) is 9.45. The number of hydrogen-bond donors (Lipinski definition) is 2. The van der Waals surface area contributed by atoms with Crippen LogP contribution in [-0.2, 0) is 16.6 Å². The van der Waals surface area contributed by atoms with Crippen LogP contribution in [0.5, 0.6) is 0 Å². The van der Waals surface area contributed by atoms with Gasteiger partial charge in [-0.05, 0) is 18.2 Å². The summed E-state index contributed by atoms with van der Waals surface area (Å²) in [5.41, 5.74) is 6.43. The molecule has 0 radical (unpaired) electrons. The Morgan fingerprint density at radius 3 is 2.78 bits per heavy atom. The van der Waals surface area contributed by atoms with Crippen molar-refractivity contribution in [1.29, 1.82) is 0 Å². The van der Waals surface area contributed by atoms with Gasteiger partial charge < -0.3 is 5.73 Å². The van der Waals surface area contributed by atoms with Crippen molar-refractivity contribution in [2.75, 3.05) is 5.73 Å². The number of pyridine rings is 2. The average Bonchev–Trinajstić information content (AvgIpc) is 2.38. The van der Waals surface area contributed by atoms with Gasteiger partial charge >= 0.3 is 0 Å². The van der Waals surface area contributed by atoms with Crippen molar-refractivity contribution in [3.8, 4) is 0 Å². The van der Waals surface area contributed by atoms with Gasteiger partial charge in [-0.2, -0.15) is 0 Å². The molecular weight excluding hydrogens is 252 g/mol. The maximum absolute atomic E-state index is 11.9. The fraction of sp³-hybridized carbons (Fsp3) is 0.0909. The predicted molar refractivity (Wildman–Crippen MR) is 66.9 cm³/mol. The lowest BCUT2D eigenvalue weighted by molar-refractivity contribution is 0.580. The molecule has 0 atom stereocenters. The van der Waals surface area contributed by atoms with E-state index >= 15 is 0 Å². The number of sulfonamides is 1. The van der Waals surface area contributed by atoms with Crippen LogP contribution in [0.4, 0.5) is 5.69 Å². The van der Waals surface area contributed by atoms with Gasteiger partial charge in [-0.3, -0.25) is 9.97 Å². The summed E-state index contributed by atoms with van der Waals surface area (Å²) in [5, 5.41) is 0. The SMILES string of the molecule is Nc1cncc(S(=O)(=O)NCc2ccccn2)c1. The van der Waals surface area contributed by atoms with Gasteiger partial charge in [-0.15, -0.1) is 0 Å². The van der Waals surface area contributed by atoms with Crippen LogP contribution in [0.15, 0.2) is 47.8 Å². The fourth-order valence-corrected chi connectivity index (χ4v) is 2.33. The van der Waals surface area contributed by atoms with Crippen molar-refractivity contribution in [3.05, 3.63) is 48.5 Å². The fourth-order valence-electron chi connectivity index (χ4n) is 1.34. The van der Waals surface area contributed by atoms with E-state index < -0.39 is 10.0 Å². The first kappa shape index (κ1) is 12.5. The molecule has 0 aliphatic rings. The summed E-state index contributed by atoms with van der Waals surface area (Å²) in [4.78, 5) is 7.81. The van der Waals surface area contributed by atoms with Crippen LogP contribution in [0.1, 0.15) is 5.69 Å². The molecule has 18 heavy (non-hydrogen) atoms. The van der Waals surface area contributed by atoms with Crippen LogP contribution >= 0.6 is 0 Å². The summed E-state index contributed by atoms with van der Waals surface area (Å²) in [6, 6.07) is 6.65. The molecule has 3 N–H and O–H groups in total. The summed E-state index contributed by atoms with van der Waals surface area (Å²) in [7, 11) is -3.61. The largest absolute Gasteiger partial charge is 0.397 e. The lowest BCUT2D eigenvalue weighted by atomic mass is 10.4. The van der Waals surface area contributed by atoms with Crippen LogP contribution in [0.2, 0.25) is 0 Å². The smallest absolute Gasteiger partial charge is 0.242 e. The van der Waals surface area contributed by atoms with Gasteiger partial charge in [-0.1, -0.05) is 6.07 Å². The molecule has 0 aliphatic heterocycles. The highest BCUT2D eigenvalue weighted by molar-refractivity contribution is 7.89. The lowest BCUT2D eigenvalue weighted by Crippen LogP contribution is -2.23. The number of aromatic nitrogens is 2. The highest BCUT2D eigenvalue weighted by Gasteiger charge is 2.14. The van der Waals surface area contributed by atoms with E-state index in [1.54, 1.807) is 24.4 Å². The molecule has 0 fully saturated rings. The molecular formula is C11H12N4O2S. The predicted octanol–water partition coefficient (Wildman–Crippen LogP) is 0.537. The third kappa shape index (κ3) is 3.02. The van der Waals surface area contributed by atoms with Gasteiger partial charge in [0.05, 0.1) is 17.9 Å². The maximum atomic E-state index is 11.9. The zero-order valence-corrected chi connectivity index (χ0v) is 10.3. The maximum Gasteiger partial charge on any atom is 0.242 e. The number of nitrogens with zero attached hydrogens (tertiary/aromatic N) is 2. The van der Waals surface area contributed by atoms with E-state index in [0.29, 0.717) is 11.4 Å². The first-order valence-electron chi connectivity index (χ1n) is 5.18. The lowest BCUT2D eigenvalue weighted by Gasteiger charge is -2.06. The molecule has 2 rings (SSSR count). The average molecular weight is 264 g/mol. The van der Waals surface area contributed by atoms with Crippen LogP contribution in [0.25, 0.3) is 0 Å². The molecule has 0 bridgehead atoms. The van der Waals surface area contributed by atoms with E-state index in [2.05, 4.69) is 14.7 Å². The molecule has 0 amide bonds. The summed E-state index contributed by atoms with van der Waals surface area (Å²) < 4.78 is 26.3. The normalized spacial score (nSPS) is 11.3. The van der Waals surface area contributed by atoms with Crippen molar-refractivity contribution < 1.29 is 8.42 Å². The van der Waals surface area contributed by atoms with E-state index in [0.717, 1.165) is 0 Å². The Labute approximate surface area is 105 Å². The first-order chi connectivity index (χ1) is 8.58. The Morgan fingerprint density at radius 2 is 2.11 bits per heavy atom. The van der Waals surface area contributed by atoms with Crippen LogP contribution in [0.3, 0.4) is 0 Å². The van der Waals surface area contributed by atoms with Gasteiger partial charge in [0.15, 0.2) is 0 Å². The molecule has 2 aromatic rings. The minimum atomic E-state index is -3.61. The molecule has 0 spiro atoms. The molecule has 0 saturated carbocycles. The third-order valence-electron chi connectivity index (χ3n) is 2.21. The molecule has 7 heteroatoms. The summed E-state index contributed by atoms with van der Waals surface area (Å²) in [6.07, 6.45) is 4.24. The molecule has 94 valence electrons. The quantitative estimate of drug-likeness (QED) is 0.839. The van der Waals surface area contributed by atoms with Crippen molar-refractivity contribution in [2.45, 2.75) is 11.4 Å². The van der Waals surface area contributed by atoms with E-state index in [4.69, 9.17) is 5.73 Å². The Bertz CT molecular complexity index is 629. The van der Waals surface area contributed by atoms with Gasteiger partial charge in [0.2, 0.25) is 10.0 Å². The number of nitrogen functional groups attached to an aromatic ring is 1. The van der Waals surface area contributed by atoms with Crippen LogP contribution in [-0.4, -0.2) is 18.4 Å². The molecule has 0 unspecified atom stereocenters. The van der Waals surface area contributed by atoms with Crippen molar-refractivity contribution >= 4 is 15.7 Å². The number of rotatable bonds is 4. The van der Waals surface area contributed by atoms with Crippen LogP contribution < -0.4 is 10.5 Å². The molecule has 0 saturated heterocycles. The molecule has 0 aliphatic carbocycles. The molecule has 0 aromatic carbocycles. The summed E-state index contributed by atoms with van der Waals surface area (Å²) in [5.74, 6) is 0. The van der Waals surface area contributed by atoms with Crippen molar-refractivity contribution in [3.63, 3.8) is 0 Å². The third-order valence-corrected chi connectivity index (χ3v) is 3.58. The number of hydrogen-bond acceptors (Lipinski definition) is 5. The topological polar surface area (TPSA) is 98.0 Å². The number of anilines is 1. The monoisotopic (exact) mass is 264 g/mol. The van der Waals surface area contributed by atoms with Crippen molar-refractivity contribution in [1.82, 2.24) is 14.7 Å². The zero-order chi connectivity index (χ0) is 13.0. The molecule has 2 aromatic heterocycles. The molecule has 6 nitrogen and oxygen atoms in total. The van der Waals surface area contributed by atoms with Gasteiger partial charge in [-0.25, -0.2) is 13.1 Å². The van der Waals surface area contributed by atoms with Gasteiger partial charge in [0, 0.05) is 18.6 Å². The minimum absolute atomic E-state index is 0.0402. The Kier molecular flexibility index (Phi) is 3.54. The van der Waals surface area contributed by atoms with Gasteiger partial charge in [0.25, 0.3) is 0 Å². The number of nitrogens with two attached hydrogens (primary N) is 1. The molecule has 2 heterocycles. The van der Waals surface area contributed by atoms with E-state index in [1.807, 2.05) is 0 Å². The van der Waals surface area contributed by atoms with Crippen molar-refractivity contribution in [2.24, 2.45) is 0 Å². The standard InChI is InChI=1S/C11H12N4O2S/c12-9-5-11(8-13-6-9)18(16,17)15-7-10-3-1-2-4-14-10/h1-6,8,15H,7,12H2. The van der Waals surface area contributed by atoms with E-state index in [1.165, 1.54) is 18.5 Å². The second-order valence-electron chi connectivity index (χ2n) is 3.60. The number of nitrogens with one attached hydrogen (secondary N) is 1. The van der Waals surface area contributed by atoms with Crippen LogP contribution in [0, 0.1) is 0 Å². The van der Waals surface area contributed by atoms with Gasteiger partial charge in [0.1, 0.15) is 4.90 Å². The summed E-state index contributed by atoms with van der Waals surface area (Å²) in [6.45, 7) is 0.123. The highest BCUT2D eigenvalue weighted by atomic mass is 32.2.